The maximum Gasteiger partial charge on any atom is 0.358 e. The minimum atomic E-state index is -1.12. The van der Waals surface area contributed by atoms with Gasteiger partial charge in [0.2, 0.25) is 0 Å². The van der Waals surface area contributed by atoms with Gasteiger partial charge in [-0.25, -0.2) is 19.2 Å². The summed E-state index contributed by atoms with van der Waals surface area (Å²) in [5.74, 6) is -1.43. The summed E-state index contributed by atoms with van der Waals surface area (Å²) in [6.07, 6.45) is 4.63. The van der Waals surface area contributed by atoms with Crippen LogP contribution in [0.1, 0.15) is 10.5 Å². The number of fused-ring (bicyclic) bond motifs is 1. The summed E-state index contributed by atoms with van der Waals surface area (Å²) in [6, 6.07) is 5.98. The largest absolute Gasteiger partial charge is 0.476 e. The lowest BCUT2D eigenvalue weighted by atomic mass is 10.1. The van der Waals surface area contributed by atoms with Crippen LogP contribution in [0.25, 0.3) is 16.8 Å². The van der Waals surface area contributed by atoms with Gasteiger partial charge in [0.1, 0.15) is 12.1 Å². The highest BCUT2D eigenvalue weighted by atomic mass is 19.1. The lowest BCUT2D eigenvalue weighted by Crippen LogP contribution is -1.99. The van der Waals surface area contributed by atoms with Crippen molar-refractivity contribution < 1.29 is 14.3 Å². The van der Waals surface area contributed by atoms with E-state index in [1.165, 1.54) is 29.1 Å². The van der Waals surface area contributed by atoms with Gasteiger partial charge in [0.15, 0.2) is 11.3 Å². The average Bonchev–Trinajstić information content (AvgIpc) is 2.82. The molecule has 0 aliphatic rings. The predicted molar refractivity (Wildman–Crippen MR) is 65.3 cm³/mol. The molecule has 0 aliphatic heterocycles. The molecule has 0 bridgehead atoms. The van der Waals surface area contributed by atoms with Gasteiger partial charge in [0, 0.05) is 18.0 Å². The zero-order valence-corrected chi connectivity index (χ0v) is 9.62. The SMILES string of the molecule is O=C(O)c1ncn2cc(-c3ccc(F)cc3)cnc12. The van der Waals surface area contributed by atoms with Crippen LogP contribution in [0.2, 0.25) is 0 Å². The third kappa shape index (κ3) is 1.93. The highest BCUT2D eigenvalue weighted by Gasteiger charge is 2.13. The van der Waals surface area contributed by atoms with Crippen molar-refractivity contribution in [3.63, 3.8) is 0 Å². The van der Waals surface area contributed by atoms with E-state index >= 15 is 0 Å². The molecular weight excluding hydrogens is 249 g/mol. The van der Waals surface area contributed by atoms with Crippen LogP contribution in [0.3, 0.4) is 0 Å². The van der Waals surface area contributed by atoms with E-state index in [-0.39, 0.29) is 17.2 Å². The smallest absolute Gasteiger partial charge is 0.358 e. The van der Waals surface area contributed by atoms with Crippen molar-refractivity contribution in [2.45, 2.75) is 0 Å². The molecule has 6 heteroatoms. The van der Waals surface area contributed by atoms with Gasteiger partial charge in [0.25, 0.3) is 0 Å². The number of carbonyl (C=O) groups is 1. The third-order valence-electron chi connectivity index (χ3n) is 2.75. The molecule has 3 aromatic rings. The monoisotopic (exact) mass is 257 g/mol. The van der Waals surface area contributed by atoms with Crippen LogP contribution in [0.4, 0.5) is 4.39 Å². The molecule has 0 fully saturated rings. The van der Waals surface area contributed by atoms with Gasteiger partial charge in [-0.15, -0.1) is 0 Å². The molecule has 0 atom stereocenters. The highest BCUT2D eigenvalue weighted by Crippen LogP contribution is 2.19. The van der Waals surface area contributed by atoms with Gasteiger partial charge in [-0.1, -0.05) is 12.1 Å². The summed E-state index contributed by atoms with van der Waals surface area (Å²) in [5.41, 5.74) is 1.73. The fraction of sp³-hybridized carbons (Fsp3) is 0. The molecular formula is C13H8FN3O2. The summed E-state index contributed by atoms with van der Waals surface area (Å²) in [5, 5.41) is 8.93. The molecule has 0 aliphatic carbocycles. The first-order chi connectivity index (χ1) is 9.15. The average molecular weight is 257 g/mol. The first-order valence-corrected chi connectivity index (χ1v) is 5.47. The van der Waals surface area contributed by atoms with Crippen molar-refractivity contribution in [1.29, 1.82) is 0 Å². The van der Waals surface area contributed by atoms with Crippen molar-refractivity contribution in [1.82, 2.24) is 14.4 Å². The molecule has 5 nitrogen and oxygen atoms in total. The van der Waals surface area contributed by atoms with Crippen molar-refractivity contribution >= 4 is 11.6 Å². The van der Waals surface area contributed by atoms with Crippen LogP contribution in [0.5, 0.6) is 0 Å². The zero-order chi connectivity index (χ0) is 13.4. The number of halogens is 1. The maximum absolute atomic E-state index is 12.9. The van der Waals surface area contributed by atoms with E-state index in [1.807, 2.05) is 0 Å². The number of benzene rings is 1. The number of nitrogens with zero attached hydrogens (tertiary/aromatic N) is 3. The summed E-state index contributed by atoms with van der Waals surface area (Å²) < 4.78 is 14.4. The second kappa shape index (κ2) is 4.16. The molecule has 1 aromatic carbocycles. The Morgan fingerprint density at radius 1 is 1.16 bits per heavy atom. The number of aromatic nitrogens is 3. The molecule has 0 spiro atoms. The first-order valence-electron chi connectivity index (χ1n) is 5.47. The predicted octanol–water partition coefficient (Wildman–Crippen LogP) is 2.23. The lowest BCUT2D eigenvalue weighted by Gasteiger charge is -2.02. The van der Waals surface area contributed by atoms with Crippen LogP contribution in [-0.4, -0.2) is 25.4 Å². The number of carboxylic acid groups (broad SMARTS) is 1. The Bertz CT molecular complexity index is 765. The second-order valence-electron chi connectivity index (χ2n) is 3.98. The van der Waals surface area contributed by atoms with Crippen molar-refractivity contribution in [3.05, 3.63) is 54.5 Å². The van der Waals surface area contributed by atoms with Gasteiger partial charge in [-0.2, -0.15) is 0 Å². The first kappa shape index (κ1) is 11.3. The van der Waals surface area contributed by atoms with E-state index in [2.05, 4.69) is 9.97 Å². The van der Waals surface area contributed by atoms with Crippen LogP contribution in [0, 0.1) is 5.82 Å². The summed E-state index contributed by atoms with van der Waals surface area (Å²) in [6.45, 7) is 0. The Balaban J connectivity index is 2.12. The molecule has 1 N–H and O–H groups in total. The molecule has 94 valence electrons. The minimum absolute atomic E-state index is 0.0920. The lowest BCUT2D eigenvalue weighted by molar-refractivity contribution is 0.0693. The summed E-state index contributed by atoms with van der Waals surface area (Å²) >= 11 is 0. The fourth-order valence-electron chi connectivity index (χ4n) is 1.83. The summed E-state index contributed by atoms with van der Waals surface area (Å²) in [7, 11) is 0. The molecule has 0 unspecified atom stereocenters. The molecule has 0 saturated heterocycles. The molecule has 3 rings (SSSR count). The molecule has 0 saturated carbocycles. The fourth-order valence-corrected chi connectivity index (χ4v) is 1.83. The molecule has 0 amide bonds. The van der Waals surface area contributed by atoms with Crippen molar-refractivity contribution in [2.24, 2.45) is 0 Å². The van der Waals surface area contributed by atoms with Crippen LogP contribution in [-0.2, 0) is 0 Å². The highest BCUT2D eigenvalue weighted by molar-refractivity contribution is 5.92. The Kier molecular flexibility index (Phi) is 2.49. The second-order valence-corrected chi connectivity index (χ2v) is 3.98. The number of aromatic carboxylic acids is 1. The maximum atomic E-state index is 12.9. The Labute approximate surface area is 107 Å². The van der Waals surface area contributed by atoms with E-state index in [4.69, 9.17) is 5.11 Å². The van der Waals surface area contributed by atoms with E-state index in [9.17, 15) is 9.18 Å². The number of carboxylic acids is 1. The minimum Gasteiger partial charge on any atom is -0.476 e. The van der Waals surface area contributed by atoms with Gasteiger partial charge in [-0.3, -0.25) is 4.40 Å². The summed E-state index contributed by atoms with van der Waals surface area (Å²) in [4.78, 5) is 18.8. The standard InChI is InChI=1S/C13H8FN3O2/c14-10-3-1-8(2-4-10)9-5-15-12-11(13(18)19)16-7-17(12)6-9/h1-7H,(H,18,19). The Morgan fingerprint density at radius 2 is 1.89 bits per heavy atom. The molecule has 2 heterocycles. The number of rotatable bonds is 2. The molecule has 19 heavy (non-hydrogen) atoms. The van der Waals surface area contributed by atoms with E-state index in [0.717, 1.165) is 11.1 Å². The van der Waals surface area contributed by atoms with Crippen molar-refractivity contribution in [2.75, 3.05) is 0 Å². The quantitative estimate of drug-likeness (QED) is 0.764. The molecule has 2 aromatic heterocycles. The van der Waals surface area contributed by atoms with E-state index in [0.29, 0.717) is 0 Å². The van der Waals surface area contributed by atoms with Crippen LogP contribution < -0.4 is 0 Å². The Hall–Kier alpha value is -2.76. The number of hydrogen-bond donors (Lipinski definition) is 1. The van der Waals surface area contributed by atoms with Gasteiger partial charge >= 0.3 is 5.97 Å². The van der Waals surface area contributed by atoms with Gasteiger partial charge in [-0.05, 0) is 17.7 Å². The Morgan fingerprint density at radius 3 is 2.58 bits per heavy atom. The van der Waals surface area contributed by atoms with Crippen molar-refractivity contribution in [3.8, 4) is 11.1 Å². The topological polar surface area (TPSA) is 67.5 Å². The third-order valence-corrected chi connectivity index (χ3v) is 2.75. The number of hydrogen-bond acceptors (Lipinski definition) is 3. The zero-order valence-electron chi connectivity index (χ0n) is 9.62. The van der Waals surface area contributed by atoms with E-state index in [1.54, 1.807) is 18.3 Å². The van der Waals surface area contributed by atoms with Crippen LogP contribution >= 0.6 is 0 Å². The number of imidazole rings is 1. The van der Waals surface area contributed by atoms with E-state index < -0.39 is 5.97 Å². The normalized spacial score (nSPS) is 10.8. The van der Waals surface area contributed by atoms with Gasteiger partial charge < -0.3 is 5.11 Å². The van der Waals surface area contributed by atoms with Gasteiger partial charge in [0.05, 0.1) is 0 Å². The molecule has 0 radical (unpaired) electrons. The van der Waals surface area contributed by atoms with Crippen LogP contribution in [0.15, 0.2) is 43.0 Å².